The molecule has 0 spiro atoms. The molecule has 3 aromatic rings. The molecule has 0 atom stereocenters. The average molecular weight is 468 g/mol. The van der Waals surface area contributed by atoms with Gasteiger partial charge in [-0.25, -0.2) is 0 Å². The lowest BCUT2D eigenvalue weighted by Gasteiger charge is -2.14. The van der Waals surface area contributed by atoms with Crippen LogP contribution in [0.25, 0.3) is 6.08 Å². The average Bonchev–Trinajstić information content (AvgIpc) is 3.07. The van der Waals surface area contributed by atoms with Crippen LogP contribution in [0, 0.1) is 0 Å². The topological polar surface area (TPSA) is 38.8 Å². The number of methoxy groups -OCH3 is 1. The van der Waals surface area contributed by atoms with Gasteiger partial charge >= 0.3 is 0 Å². The smallest absolute Gasteiger partial charge is 0.270 e. The minimum absolute atomic E-state index is 0.140. The van der Waals surface area contributed by atoms with Crippen molar-refractivity contribution in [2.45, 2.75) is 6.61 Å². The zero-order valence-corrected chi connectivity index (χ0v) is 19.0. The molecule has 4 nitrogen and oxygen atoms in total. The lowest BCUT2D eigenvalue weighted by Crippen LogP contribution is -2.27. The molecule has 156 valence electrons. The molecule has 1 aliphatic heterocycles. The maximum Gasteiger partial charge on any atom is 0.270 e. The molecule has 0 aliphatic carbocycles. The van der Waals surface area contributed by atoms with Crippen molar-refractivity contribution in [3.05, 3.63) is 93.9 Å². The molecule has 1 aliphatic rings. The zero-order valence-electron chi connectivity index (χ0n) is 16.6. The van der Waals surface area contributed by atoms with Gasteiger partial charge in [-0.05, 0) is 54.1 Å². The standard InChI is InChI=1S/C24H18ClNO3S2/c1-28-19-12-8-18(9-13-19)26-23(27)22(31-24(26)30)14-16-6-10-20(11-7-16)29-15-17-4-2-3-5-21(17)25/h2-14H,15H2,1H3/b22-14-. The van der Waals surface area contributed by atoms with Crippen molar-refractivity contribution >= 4 is 57.6 Å². The first-order valence-corrected chi connectivity index (χ1v) is 11.0. The van der Waals surface area contributed by atoms with Gasteiger partial charge in [0.05, 0.1) is 17.7 Å². The summed E-state index contributed by atoms with van der Waals surface area (Å²) in [6.07, 6.45) is 1.83. The molecular weight excluding hydrogens is 450 g/mol. The molecule has 0 N–H and O–H groups in total. The molecule has 3 aromatic carbocycles. The van der Waals surface area contributed by atoms with Gasteiger partial charge in [0.15, 0.2) is 4.32 Å². The molecule has 0 radical (unpaired) electrons. The van der Waals surface area contributed by atoms with E-state index in [4.69, 9.17) is 33.3 Å². The maximum absolute atomic E-state index is 12.9. The van der Waals surface area contributed by atoms with E-state index in [1.54, 1.807) is 19.2 Å². The Morgan fingerprint density at radius 2 is 1.68 bits per heavy atom. The molecule has 0 aromatic heterocycles. The van der Waals surface area contributed by atoms with Gasteiger partial charge < -0.3 is 9.47 Å². The quantitative estimate of drug-likeness (QED) is 0.312. The van der Waals surface area contributed by atoms with Crippen molar-refractivity contribution in [1.29, 1.82) is 0 Å². The first-order chi connectivity index (χ1) is 15.0. The second kappa shape index (κ2) is 9.56. The van der Waals surface area contributed by atoms with Gasteiger partial charge in [0.25, 0.3) is 5.91 Å². The Kier molecular flexibility index (Phi) is 6.61. The normalized spacial score (nSPS) is 14.9. The highest BCUT2D eigenvalue weighted by molar-refractivity contribution is 8.27. The molecule has 1 saturated heterocycles. The van der Waals surface area contributed by atoms with Crippen LogP contribution in [-0.2, 0) is 11.4 Å². The van der Waals surface area contributed by atoms with Crippen molar-refractivity contribution in [1.82, 2.24) is 0 Å². The first-order valence-electron chi connectivity index (χ1n) is 9.43. The zero-order chi connectivity index (χ0) is 21.8. The SMILES string of the molecule is COc1ccc(N2C(=O)/C(=C/c3ccc(OCc4ccccc4Cl)cc3)SC2=S)cc1. The maximum atomic E-state index is 12.9. The van der Waals surface area contributed by atoms with Crippen LogP contribution < -0.4 is 14.4 Å². The van der Waals surface area contributed by atoms with Crippen molar-refractivity contribution in [2.24, 2.45) is 0 Å². The first kappa shape index (κ1) is 21.4. The minimum Gasteiger partial charge on any atom is -0.497 e. The van der Waals surface area contributed by atoms with E-state index in [0.717, 1.165) is 28.3 Å². The van der Waals surface area contributed by atoms with Gasteiger partial charge in [-0.2, -0.15) is 0 Å². The van der Waals surface area contributed by atoms with E-state index in [-0.39, 0.29) is 5.91 Å². The van der Waals surface area contributed by atoms with E-state index in [0.29, 0.717) is 20.9 Å². The molecule has 1 amide bonds. The summed E-state index contributed by atoms with van der Waals surface area (Å²) in [5, 5.41) is 0.679. The minimum atomic E-state index is -0.140. The number of thioether (sulfide) groups is 1. The fourth-order valence-corrected chi connectivity index (χ4v) is 4.50. The predicted molar refractivity (Wildman–Crippen MR) is 131 cm³/mol. The highest BCUT2D eigenvalue weighted by Crippen LogP contribution is 2.36. The Labute approximate surface area is 195 Å². The summed E-state index contributed by atoms with van der Waals surface area (Å²) in [5.41, 5.74) is 2.53. The van der Waals surface area contributed by atoms with Gasteiger partial charge in [-0.1, -0.05) is 65.9 Å². The number of benzene rings is 3. The molecule has 31 heavy (non-hydrogen) atoms. The fraction of sp³-hybridized carbons (Fsp3) is 0.0833. The van der Waals surface area contributed by atoms with Crippen LogP contribution in [0.2, 0.25) is 5.02 Å². The van der Waals surface area contributed by atoms with Crippen LogP contribution >= 0.6 is 35.6 Å². The summed E-state index contributed by atoms with van der Waals surface area (Å²) in [4.78, 5) is 15.0. The Morgan fingerprint density at radius 1 is 1.00 bits per heavy atom. The van der Waals surface area contributed by atoms with E-state index in [1.165, 1.54) is 16.7 Å². The van der Waals surface area contributed by atoms with Gasteiger partial charge in [0, 0.05) is 10.6 Å². The Balaban J connectivity index is 1.45. The van der Waals surface area contributed by atoms with E-state index in [9.17, 15) is 4.79 Å². The monoisotopic (exact) mass is 467 g/mol. The van der Waals surface area contributed by atoms with E-state index in [2.05, 4.69) is 0 Å². The van der Waals surface area contributed by atoms with Crippen LogP contribution in [0.5, 0.6) is 11.5 Å². The summed E-state index contributed by atoms with van der Waals surface area (Å²) < 4.78 is 11.5. The van der Waals surface area contributed by atoms with Crippen molar-refractivity contribution in [3.8, 4) is 11.5 Å². The molecule has 0 bridgehead atoms. The lowest BCUT2D eigenvalue weighted by molar-refractivity contribution is -0.113. The molecule has 7 heteroatoms. The number of carbonyl (C=O) groups excluding carboxylic acids is 1. The Bertz CT molecular complexity index is 1140. The summed E-state index contributed by atoms with van der Waals surface area (Å²) in [7, 11) is 1.60. The third kappa shape index (κ3) is 4.93. The highest BCUT2D eigenvalue weighted by Gasteiger charge is 2.33. The Hall–Kier alpha value is -2.80. The molecule has 0 unspecified atom stereocenters. The fourth-order valence-electron chi connectivity index (χ4n) is 3.01. The van der Waals surface area contributed by atoms with E-state index in [1.807, 2.05) is 66.7 Å². The lowest BCUT2D eigenvalue weighted by atomic mass is 10.2. The van der Waals surface area contributed by atoms with Gasteiger partial charge in [-0.15, -0.1) is 0 Å². The summed E-state index contributed by atoms with van der Waals surface area (Å²) in [6, 6.07) is 22.4. The van der Waals surface area contributed by atoms with Crippen LogP contribution in [0.4, 0.5) is 5.69 Å². The predicted octanol–water partition coefficient (Wildman–Crippen LogP) is 6.33. The highest BCUT2D eigenvalue weighted by atomic mass is 35.5. The second-order valence-electron chi connectivity index (χ2n) is 6.66. The van der Waals surface area contributed by atoms with Crippen molar-refractivity contribution < 1.29 is 14.3 Å². The summed E-state index contributed by atoms with van der Waals surface area (Å²) in [6.45, 7) is 0.388. The third-order valence-electron chi connectivity index (χ3n) is 4.65. The molecule has 1 fully saturated rings. The number of amides is 1. The number of hydrogen-bond donors (Lipinski definition) is 0. The number of anilines is 1. The van der Waals surface area contributed by atoms with Gasteiger partial charge in [0.2, 0.25) is 0 Å². The van der Waals surface area contributed by atoms with Crippen LogP contribution in [0.1, 0.15) is 11.1 Å². The summed E-state index contributed by atoms with van der Waals surface area (Å²) in [5.74, 6) is 1.31. The number of halogens is 1. The number of rotatable bonds is 6. The van der Waals surface area contributed by atoms with Crippen molar-refractivity contribution in [3.63, 3.8) is 0 Å². The van der Waals surface area contributed by atoms with E-state index >= 15 is 0 Å². The summed E-state index contributed by atoms with van der Waals surface area (Å²) >= 11 is 12.9. The number of ether oxygens (including phenoxy) is 2. The number of nitrogens with zero attached hydrogens (tertiary/aromatic N) is 1. The molecule has 0 saturated carbocycles. The van der Waals surface area contributed by atoms with Gasteiger partial charge in [0.1, 0.15) is 18.1 Å². The number of hydrogen-bond acceptors (Lipinski definition) is 5. The van der Waals surface area contributed by atoms with Crippen molar-refractivity contribution in [2.75, 3.05) is 12.0 Å². The van der Waals surface area contributed by atoms with E-state index < -0.39 is 0 Å². The molecule has 4 rings (SSSR count). The molecular formula is C24H18ClNO3S2. The number of thiocarbonyl (C=S) groups is 1. The van der Waals surface area contributed by atoms with Crippen LogP contribution in [0.15, 0.2) is 77.7 Å². The number of carbonyl (C=O) groups is 1. The largest absolute Gasteiger partial charge is 0.497 e. The van der Waals surface area contributed by atoms with Crippen LogP contribution in [0.3, 0.4) is 0 Å². The molecule has 1 heterocycles. The third-order valence-corrected chi connectivity index (χ3v) is 6.33. The second-order valence-corrected chi connectivity index (χ2v) is 8.75. The van der Waals surface area contributed by atoms with Gasteiger partial charge in [-0.3, -0.25) is 9.69 Å². The van der Waals surface area contributed by atoms with Crippen LogP contribution in [-0.4, -0.2) is 17.3 Å². The Morgan fingerprint density at radius 3 is 2.35 bits per heavy atom.